The maximum Gasteiger partial charge on any atom is 0.197 e. The first-order valence-electron chi connectivity index (χ1n) is 5.41. The molecule has 1 unspecified atom stereocenters. The number of hydrogen-bond acceptors (Lipinski definition) is 4. The second-order valence-electron chi connectivity index (χ2n) is 4.04. The second kappa shape index (κ2) is 5.44. The minimum atomic E-state index is -0.123. The van der Waals surface area contributed by atoms with Crippen LogP contribution in [0.1, 0.15) is 23.0 Å². The van der Waals surface area contributed by atoms with E-state index in [-0.39, 0.29) is 6.04 Å². The molecule has 1 atom stereocenters. The topological polar surface area (TPSA) is 69.0 Å². The van der Waals surface area contributed by atoms with Gasteiger partial charge in [0.15, 0.2) is 5.22 Å². The van der Waals surface area contributed by atoms with Crippen LogP contribution >= 0.6 is 27.5 Å². The summed E-state index contributed by atoms with van der Waals surface area (Å²) in [5, 5.41) is 4.70. The van der Waals surface area contributed by atoms with Gasteiger partial charge in [-0.2, -0.15) is 5.10 Å². The lowest BCUT2D eigenvalue weighted by Crippen LogP contribution is -2.30. The van der Waals surface area contributed by atoms with Crippen molar-refractivity contribution in [3.63, 3.8) is 0 Å². The van der Waals surface area contributed by atoms with E-state index in [2.05, 4.69) is 26.5 Å². The molecule has 0 aliphatic rings. The number of hydrogen-bond donors (Lipinski definition) is 2. The van der Waals surface area contributed by atoms with Gasteiger partial charge in [0, 0.05) is 19.0 Å². The minimum absolute atomic E-state index is 0.123. The van der Waals surface area contributed by atoms with Crippen molar-refractivity contribution in [3.8, 4) is 0 Å². The van der Waals surface area contributed by atoms with Gasteiger partial charge in [0.2, 0.25) is 0 Å². The zero-order valence-electron chi connectivity index (χ0n) is 10.1. The summed E-state index contributed by atoms with van der Waals surface area (Å²) < 4.78 is 7.91. The third kappa shape index (κ3) is 2.47. The molecule has 0 fully saturated rings. The van der Waals surface area contributed by atoms with Crippen molar-refractivity contribution < 1.29 is 4.42 Å². The smallest absolute Gasteiger partial charge is 0.197 e. The first kappa shape index (κ1) is 13.6. The van der Waals surface area contributed by atoms with Gasteiger partial charge in [0.25, 0.3) is 0 Å². The Labute approximate surface area is 118 Å². The van der Waals surface area contributed by atoms with E-state index in [4.69, 9.17) is 21.9 Å². The van der Waals surface area contributed by atoms with Gasteiger partial charge >= 0.3 is 0 Å². The fourth-order valence-electron chi connectivity index (χ4n) is 1.91. The zero-order chi connectivity index (χ0) is 13.3. The van der Waals surface area contributed by atoms with Crippen LogP contribution in [0.3, 0.4) is 0 Å². The number of halogens is 2. The molecule has 2 rings (SSSR count). The molecule has 2 heterocycles. The number of nitrogens with one attached hydrogen (secondary N) is 1. The lowest BCUT2D eigenvalue weighted by molar-refractivity contribution is 0.513. The Balaban J connectivity index is 2.29. The number of rotatable bonds is 4. The van der Waals surface area contributed by atoms with E-state index >= 15 is 0 Å². The second-order valence-corrected chi connectivity index (χ2v) is 5.18. The Hall–Kier alpha value is -0.820. The van der Waals surface area contributed by atoms with E-state index in [0.717, 1.165) is 21.4 Å². The maximum absolute atomic E-state index is 5.97. The lowest BCUT2D eigenvalue weighted by Gasteiger charge is -2.15. The van der Waals surface area contributed by atoms with Crippen LogP contribution in [0.5, 0.6) is 0 Å². The molecule has 5 nitrogen and oxygen atoms in total. The summed E-state index contributed by atoms with van der Waals surface area (Å²) in [7, 11) is 1.90. The molecule has 0 saturated carbocycles. The van der Waals surface area contributed by atoms with Gasteiger partial charge in [0.1, 0.15) is 0 Å². The van der Waals surface area contributed by atoms with E-state index in [0.29, 0.717) is 11.6 Å². The molecule has 18 heavy (non-hydrogen) atoms. The van der Waals surface area contributed by atoms with Crippen LogP contribution in [0.2, 0.25) is 5.22 Å². The van der Waals surface area contributed by atoms with E-state index in [9.17, 15) is 0 Å². The van der Waals surface area contributed by atoms with Crippen molar-refractivity contribution in [2.24, 2.45) is 12.9 Å². The number of aryl methyl sites for hydroxylation is 2. The predicted octanol–water partition coefficient (Wildman–Crippen LogP) is 2.48. The van der Waals surface area contributed by atoms with E-state index in [1.807, 2.05) is 24.7 Å². The third-order valence-electron chi connectivity index (χ3n) is 2.88. The van der Waals surface area contributed by atoms with Crippen molar-refractivity contribution in [1.82, 2.24) is 15.2 Å². The van der Waals surface area contributed by atoms with E-state index in [1.165, 1.54) is 0 Å². The fraction of sp³-hybridized carbons (Fsp3) is 0.364. The highest BCUT2D eigenvalue weighted by Crippen LogP contribution is 2.29. The van der Waals surface area contributed by atoms with Gasteiger partial charge in [-0.15, -0.1) is 0 Å². The normalized spacial score (nSPS) is 12.9. The summed E-state index contributed by atoms with van der Waals surface area (Å²) in [4.78, 5) is 0. The molecular weight excluding hydrogens is 320 g/mol. The first-order chi connectivity index (χ1) is 8.54. The third-order valence-corrected chi connectivity index (χ3v) is 4.22. The molecule has 0 radical (unpaired) electrons. The highest BCUT2D eigenvalue weighted by atomic mass is 79.9. The zero-order valence-corrected chi connectivity index (χ0v) is 12.4. The van der Waals surface area contributed by atoms with Gasteiger partial charge in [0.05, 0.1) is 28.2 Å². The molecular formula is C11H14BrClN4O. The van der Waals surface area contributed by atoms with Gasteiger partial charge < -0.3 is 4.42 Å². The van der Waals surface area contributed by atoms with Crippen LogP contribution in [-0.2, 0) is 13.5 Å². The Morgan fingerprint density at radius 1 is 1.67 bits per heavy atom. The fourth-order valence-corrected chi connectivity index (χ4v) is 2.65. The minimum Gasteiger partial charge on any atom is -0.453 e. The van der Waals surface area contributed by atoms with Crippen molar-refractivity contribution in [2.75, 3.05) is 0 Å². The quantitative estimate of drug-likeness (QED) is 0.666. The molecule has 3 N–H and O–H groups in total. The molecule has 0 saturated heterocycles. The number of furan rings is 1. The number of hydrazine groups is 1. The molecule has 0 bridgehead atoms. The average molecular weight is 334 g/mol. The molecule has 0 spiro atoms. The van der Waals surface area contributed by atoms with Crippen LogP contribution in [0.25, 0.3) is 0 Å². The molecule has 0 aliphatic heterocycles. The SMILES string of the molecule is Cc1nn(C)c(CC(NN)c2ccoc2Cl)c1Br. The van der Waals surface area contributed by atoms with Crippen LogP contribution in [-0.4, -0.2) is 9.78 Å². The molecule has 7 heteroatoms. The number of nitrogens with two attached hydrogens (primary N) is 1. The molecule has 98 valence electrons. The monoisotopic (exact) mass is 332 g/mol. The van der Waals surface area contributed by atoms with Crippen LogP contribution in [0, 0.1) is 6.92 Å². The summed E-state index contributed by atoms with van der Waals surface area (Å²) in [5.74, 6) is 5.59. The Morgan fingerprint density at radius 3 is 2.83 bits per heavy atom. The van der Waals surface area contributed by atoms with Crippen LogP contribution in [0.4, 0.5) is 0 Å². The summed E-state index contributed by atoms with van der Waals surface area (Å²) >= 11 is 9.50. The maximum atomic E-state index is 5.97. The predicted molar refractivity (Wildman–Crippen MR) is 73.1 cm³/mol. The molecule has 2 aromatic rings. The van der Waals surface area contributed by atoms with Crippen molar-refractivity contribution >= 4 is 27.5 Å². The molecule has 2 aromatic heterocycles. The molecule has 0 aliphatic carbocycles. The largest absolute Gasteiger partial charge is 0.453 e. The summed E-state index contributed by atoms with van der Waals surface area (Å²) in [5.41, 5.74) is 5.58. The highest BCUT2D eigenvalue weighted by Gasteiger charge is 2.20. The van der Waals surface area contributed by atoms with Crippen molar-refractivity contribution in [3.05, 3.63) is 39.0 Å². The average Bonchev–Trinajstić information content (AvgIpc) is 2.84. The van der Waals surface area contributed by atoms with E-state index < -0.39 is 0 Å². The van der Waals surface area contributed by atoms with Crippen molar-refractivity contribution in [2.45, 2.75) is 19.4 Å². The molecule has 0 amide bonds. The van der Waals surface area contributed by atoms with Crippen molar-refractivity contribution in [1.29, 1.82) is 0 Å². The van der Waals surface area contributed by atoms with Gasteiger partial charge in [-0.3, -0.25) is 16.0 Å². The number of aromatic nitrogens is 2. The van der Waals surface area contributed by atoms with Crippen LogP contribution in [0.15, 0.2) is 21.2 Å². The Bertz CT molecular complexity index is 551. The lowest BCUT2D eigenvalue weighted by atomic mass is 10.1. The number of nitrogens with zero attached hydrogens (tertiary/aromatic N) is 2. The standard InChI is InChI=1S/C11H14BrClN4O/c1-6-10(12)9(17(2)16-6)5-8(15-14)7-3-4-18-11(7)13/h3-4,8,15H,5,14H2,1-2H3. The van der Waals surface area contributed by atoms with E-state index in [1.54, 1.807) is 6.26 Å². The van der Waals surface area contributed by atoms with Gasteiger partial charge in [-0.25, -0.2) is 0 Å². The van der Waals surface area contributed by atoms with Gasteiger partial charge in [-0.05, 0) is 40.5 Å². The molecule has 0 aromatic carbocycles. The van der Waals surface area contributed by atoms with Crippen LogP contribution < -0.4 is 11.3 Å². The highest BCUT2D eigenvalue weighted by molar-refractivity contribution is 9.10. The Kier molecular flexibility index (Phi) is 4.11. The van der Waals surface area contributed by atoms with Gasteiger partial charge in [-0.1, -0.05) is 0 Å². The summed E-state index contributed by atoms with van der Waals surface area (Å²) in [6, 6.07) is 1.69. The first-order valence-corrected chi connectivity index (χ1v) is 6.58. The Morgan fingerprint density at radius 2 is 2.39 bits per heavy atom. The summed E-state index contributed by atoms with van der Waals surface area (Å²) in [6.45, 7) is 1.95. The summed E-state index contributed by atoms with van der Waals surface area (Å²) in [6.07, 6.45) is 2.21.